The molecule has 21 heavy (non-hydrogen) atoms. The van der Waals surface area contributed by atoms with E-state index in [-0.39, 0.29) is 5.54 Å². The smallest absolute Gasteiger partial charge is 0.113 e. The van der Waals surface area contributed by atoms with E-state index >= 15 is 0 Å². The molecule has 0 saturated heterocycles. The normalized spacial score (nSPS) is 15.9. The number of aromatic nitrogens is 1. The molecule has 2 unspecified atom stereocenters. The van der Waals surface area contributed by atoms with Gasteiger partial charge < -0.3 is 10.1 Å². The highest BCUT2D eigenvalue weighted by molar-refractivity contribution is 7.11. The topological polar surface area (TPSA) is 34.2 Å². The van der Waals surface area contributed by atoms with Gasteiger partial charge in [0.15, 0.2) is 0 Å². The molecule has 0 fully saturated rings. The number of hydrogen-bond donors (Lipinski definition) is 1. The molecule has 0 amide bonds. The average Bonchev–Trinajstić information content (AvgIpc) is 2.87. The van der Waals surface area contributed by atoms with Crippen LogP contribution in [0.15, 0.2) is 0 Å². The van der Waals surface area contributed by atoms with Crippen molar-refractivity contribution in [3.05, 3.63) is 15.6 Å². The van der Waals surface area contributed by atoms with Crippen LogP contribution in [0.1, 0.15) is 62.5 Å². The Morgan fingerprint density at radius 2 is 2.05 bits per heavy atom. The van der Waals surface area contributed by atoms with Gasteiger partial charge in [-0.3, -0.25) is 0 Å². The Bertz CT molecular complexity index is 419. The van der Waals surface area contributed by atoms with Gasteiger partial charge in [-0.15, -0.1) is 11.3 Å². The molecule has 0 saturated carbocycles. The molecule has 2 atom stereocenters. The lowest BCUT2D eigenvalue weighted by Gasteiger charge is -2.34. The molecular formula is C17H32N2OS. The van der Waals surface area contributed by atoms with Crippen LogP contribution < -0.4 is 5.32 Å². The van der Waals surface area contributed by atoms with Gasteiger partial charge in [0.1, 0.15) is 5.01 Å². The summed E-state index contributed by atoms with van der Waals surface area (Å²) in [6.07, 6.45) is 4.43. The highest BCUT2D eigenvalue weighted by atomic mass is 32.1. The summed E-state index contributed by atoms with van der Waals surface area (Å²) in [5.41, 5.74) is 1.25. The first-order valence-corrected chi connectivity index (χ1v) is 9.05. The first kappa shape index (κ1) is 18.6. The Balaban J connectivity index is 3.06. The molecule has 1 heterocycles. The molecule has 0 bridgehead atoms. The molecule has 3 nitrogen and oxygen atoms in total. The average molecular weight is 313 g/mol. The lowest BCUT2D eigenvalue weighted by Crippen LogP contribution is -2.44. The summed E-state index contributed by atoms with van der Waals surface area (Å²) in [6.45, 7) is 12.9. The summed E-state index contributed by atoms with van der Waals surface area (Å²) in [4.78, 5) is 6.32. The number of nitrogens with one attached hydrogen (secondary N) is 1. The van der Waals surface area contributed by atoms with Crippen molar-refractivity contribution < 1.29 is 4.74 Å². The number of hydrogen-bond acceptors (Lipinski definition) is 4. The van der Waals surface area contributed by atoms with Crippen molar-refractivity contribution in [1.82, 2.24) is 10.3 Å². The fraction of sp³-hybridized carbons (Fsp3) is 0.824. The van der Waals surface area contributed by atoms with E-state index in [0.717, 1.165) is 32.4 Å². The number of ether oxygens (including phenoxy) is 1. The quantitative estimate of drug-likeness (QED) is 0.654. The Labute approximate surface area is 134 Å². The third-order valence-electron chi connectivity index (χ3n) is 4.40. The lowest BCUT2D eigenvalue weighted by atomic mass is 9.85. The van der Waals surface area contributed by atoms with Crippen molar-refractivity contribution in [2.45, 2.75) is 65.8 Å². The first-order chi connectivity index (χ1) is 10.0. The maximum atomic E-state index is 5.22. The van der Waals surface area contributed by atoms with Gasteiger partial charge in [0.05, 0.1) is 17.8 Å². The van der Waals surface area contributed by atoms with Crippen LogP contribution in [0.4, 0.5) is 0 Å². The van der Waals surface area contributed by atoms with Crippen LogP contribution >= 0.6 is 11.3 Å². The van der Waals surface area contributed by atoms with E-state index in [1.807, 2.05) is 11.3 Å². The molecule has 1 aromatic heterocycles. The predicted octanol–water partition coefficient (Wildman–Crippen LogP) is 4.29. The zero-order valence-corrected chi connectivity index (χ0v) is 15.4. The lowest BCUT2D eigenvalue weighted by molar-refractivity contribution is 0.171. The van der Waals surface area contributed by atoms with Gasteiger partial charge in [-0.25, -0.2) is 4.98 Å². The molecule has 0 spiro atoms. The van der Waals surface area contributed by atoms with E-state index < -0.39 is 0 Å². The van der Waals surface area contributed by atoms with E-state index in [9.17, 15) is 0 Å². The minimum absolute atomic E-state index is 0.00317. The molecule has 0 aromatic carbocycles. The molecule has 4 heteroatoms. The maximum Gasteiger partial charge on any atom is 0.113 e. The summed E-state index contributed by atoms with van der Waals surface area (Å²) < 4.78 is 5.22. The fourth-order valence-electron chi connectivity index (χ4n) is 2.75. The molecular weight excluding hydrogens is 280 g/mol. The van der Waals surface area contributed by atoms with E-state index in [0.29, 0.717) is 5.92 Å². The van der Waals surface area contributed by atoms with Gasteiger partial charge in [0.2, 0.25) is 0 Å². The van der Waals surface area contributed by atoms with Crippen LogP contribution in [0.2, 0.25) is 0 Å². The summed E-state index contributed by atoms with van der Waals surface area (Å²) in [5, 5.41) is 5.01. The molecule has 1 N–H and O–H groups in total. The van der Waals surface area contributed by atoms with Gasteiger partial charge in [-0.05, 0) is 32.1 Å². The standard InChI is InChI=1S/C17H32N2OS/c1-7-13(4)12-17(9-3,18-10-11-20-6)16-19-15(8-2)14(5)21-16/h13,18H,7-12H2,1-6H3. The molecule has 0 radical (unpaired) electrons. The number of nitrogens with zero attached hydrogens (tertiary/aromatic N) is 1. The third kappa shape index (κ3) is 4.76. The summed E-state index contributed by atoms with van der Waals surface area (Å²) >= 11 is 1.87. The molecule has 0 aliphatic carbocycles. The Morgan fingerprint density at radius 3 is 2.52 bits per heavy atom. The zero-order valence-electron chi connectivity index (χ0n) is 14.6. The van der Waals surface area contributed by atoms with E-state index in [1.54, 1.807) is 7.11 Å². The molecule has 122 valence electrons. The van der Waals surface area contributed by atoms with Gasteiger partial charge in [-0.1, -0.05) is 34.1 Å². The highest BCUT2D eigenvalue weighted by Crippen LogP contribution is 2.36. The Kier molecular flexibility index (Phi) is 7.85. The van der Waals surface area contributed by atoms with Gasteiger partial charge >= 0.3 is 0 Å². The minimum Gasteiger partial charge on any atom is -0.383 e. The molecule has 0 aliphatic rings. The highest BCUT2D eigenvalue weighted by Gasteiger charge is 2.34. The SMILES string of the molecule is CCc1nc(C(CC)(CC(C)CC)NCCOC)sc1C. The van der Waals surface area contributed by atoms with Crippen molar-refractivity contribution >= 4 is 11.3 Å². The number of thiazole rings is 1. The molecule has 0 aliphatic heterocycles. The number of rotatable bonds is 10. The number of aryl methyl sites for hydroxylation is 2. The second-order valence-electron chi connectivity index (χ2n) is 5.95. The number of methoxy groups -OCH3 is 1. The molecule has 1 rings (SSSR count). The molecule has 1 aromatic rings. The van der Waals surface area contributed by atoms with Gasteiger partial charge in [0.25, 0.3) is 0 Å². The van der Waals surface area contributed by atoms with Crippen LogP contribution in [0.5, 0.6) is 0 Å². The second kappa shape index (κ2) is 8.86. The van der Waals surface area contributed by atoms with E-state index in [2.05, 4.69) is 39.9 Å². The summed E-state index contributed by atoms with van der Waals surface area (Å²) in [5.74, 6) is 0.689. The van der Waals surface area contributed by atoms with E-state index in [4.69, 9.17) is 9.72 Å². The Hall–Kier alpha value is -0.450. The largest absolute Gasteiger partial charge is 0.383 e. The van der Waals surface area contributed by atoms with Crippen molar-refractivity contribution in [3.8, 4) is 0 Å². The first-order valence-electron chi connectivity index (χ1n) is 8.23. The van der Waals surface area contributed by atoms with Crippen LogP contribution in [0, 0.1) is 12.8 Å². The fourth-order valence-corrected chi connectivity index (χ4v) is 4.00. The third-order valence-corrected chi connectivity index (χ3v) is 5.62. The van der Waals surface area contributed by atoms with Crippen molar-refractivity contribution in [1.29, 1.82) is 0 Å². The predicted molar refractivity (Wildman–Crippen MR) is 92.1 cm³/mol. The second-order valence-corrected chi connectivity index (χ2v) is 7.15. The Morgan fingerprint density at radius 1 is 1.33 bits per heavy atom. The van der Waals surface area contributed by atoms with Crippen LogP contribution in [0.25, 0.3) is 0 Å². The van der Waals surface area contributed by atoms with Crippen molar-refractivity contribution in [3.63, 3.8) is 0 Å². The maximum absolute atomic E-state index is 5.22. The van der Waals surface area contributed by atoms with Crippen LogP contribution in [-0.2, 0) is 16.7 Å². The minimum atomic E-state index is -0.00317. The van der Waals surface area contributed by atoms with Crippen molar-refractivity contribution in [2.24, 2.45) is 5.92 Å². The van der Waals surface area contributed by atoms with Gasteiger partial charge in [-0.2, -0.15) is 0 Å². The zero-order chi connectivity index (χ0) is 15.9. The summed E-state index contributed by atoms with van der Waals surface area (Å²) in [6, 6.07) is 0. The monoisotopic (exact) mass is 312 g/mol. The van der Waals surface area contributed by atoms with Crippen molar-refractivity contribution in [2.75, 3.05) is 20.3 Å². The van der Waals surface area contributed by atoms with Crippen LogP contribution in [0.3, 0.4) is 0 Å². The van der Waals surface area contributed by atoms with Gasteiger partial charge in [0, 0.05) is 18.5 Å². The van der Waals surface area contributed by atoms with Crippen LogP contribution in [-0.4, -0.2) is 25.2 Å². The van der Waals surface area contributed by atoms with E-state index in [1.165, 1.54) is 22.0 Å². The summed E-state index contributed by atoms with van der Waals surface area (Å²) in [7, 11) is 1.76.